The van der Waals surface area contributed by atoms with E-state index in [0.717, 1.165) is 23.5 Å². The van der Waals surface area contributed by atoms with Gasteiger partial charge in [0.15, 0.2) is 14.1 Å². The first kappa shape index (κ1) is 20.5. The van der Waals surface area contributed by atoms with Crippen molar-refractivity contribution < 1.29 is 19.1 Å². The van der Waals surface area contributed by atoms with Gasteiger partial charge in [-0.1, -0.05) is 27.2 Å². The van der Waals surface area contributed by atoms with Crippen LogP contribution in [0.4, 0.5) is 0 Å². The maximum atomic E-state index is 12.1. The molecule has 1 unspecified atom stereocenters. The number of thioether (sulfide) groups is 1. The molecule has 4 nitrogen and oxygen atoms in total. The summed E-state index contributed by atoms with van der Waals surface area (Å²) in [5.41, 5.74) is 0. The molecule has 0 amide bonds. The molecule has 0 saturated carbocycles. The van der Waals surface area contributed by atoms with Gasteiger partial charge in [0, 0.05) is 17.7 Å². The van der Waals surface area contributed by atoms with Gasteiger partial charge in [-0.05, 0) is 42.8 Å². The zero-order valence-corrected chi connectivity index (χ0v) is 16.8. The quantitative estimate of drug-likeness (QED) is 0.481. The van der Waals surface area contributed by atoms with Crippen molar-refractivity contribution in [3.63, 3.8) is 0 Å². The maximum Gasteiger partial charge on any atom is 0.303 e. The fourth-order valence-corrected chi connectivity index (χ4v) is 4.42. The molecule has 0 radical (unpaired) electrons. The molecule has 0 saturated heterocycles. The number of allylic oxidation sites excluding steroid dienone is 1. The van der Waals surface area contributed by atoms with Crippen molar-refractivity contribution in [1.82, 2.24) is 0 Å². The van der Waals surface area contributed by atoms with Crippen LogP contribution >= 0.6 is 11.8 Å². The Morgan fingerprint density at radius 2 is 2.00 bits per heavy atom. The zero-order valence-electron chi connectivity index (χ0n) is 15.0. The SMILES string of the molecule is CC(C)(C)[Si](C)(C)OC1C=C(SCCCCCC(=O)O)C(=O)C1. The third-order valence-corrected chi connectivity index (χ3v) is 10.2. The largest absolute Gasteiger partial charge is 0.481 e. The number of aliphatic carboxylic acids is 1. The molecule has 1 atom stereocenters. The number of carboxylic acids is 1. The number of hydrogen-bond donors (Lipinski definition) is 1. The molecule has 0 fully saturated rings. The minimum Gasteiger partial charge on any atom is -0.481 e. The molecule has 0 bridgehead atoms. The van der Waals surface area contributed by atoms with Crippen LogP contribution in [0, 0.1) is 0 Å². The smallest absolute Gasteiger partial charge is 0.303 e. The van der Waals surface area contributed by atoms with Crippen LogP contribution in [0.5, 0.6) is 0 Å². The van der Waals surface area contributed by atoms with Crippen molar-refractivity contribution in [3.05, 3.63) is 11.0 Å². The Balaban J connectivity index is 2.39. The highest BCUT2D eigenvalue weighted by Crippen LogP contribution is 2.39. The van der Waals surface area contributed by atoms with Crippen molar-refractivity contribution in [2.75, 3.05) is 5.75 Å². The average Bonchev–Trinajstić information content (AvgIpc) is 2.71. The highest BCUT2D eigenvalue weighted by Gasteiger charge is 2.40. The van der Waals surface area contributed by atoms with Crippen molar-refractivity contribution >= 4 is 31.8 Å². The summed E-state index contributed by atoms with van der Waals surface area (Å²) in [6, 6.07) is 0. The van der Waals surface area contributed by atoms with Gasteiger partial charge in [-0.2, -0.15) is 0 Å². The van der Waals surface area contributed by atoms with E-state index in [1.807, 2.05) is 6.08 Å². The molecule has 1 rings (SSSR count). The van der Waals surface area contributed by atoms with Crippen LogP contribution in [0.3, 0.4) is 0 Å². The first-order chi connectivity index (χ1) is 10.5. The Kier molecular flexibility index (Phi) is 7.55. The molecular formula is C17H30O4SSi. The van der Waals surface area contributed by atoms with Gasteiger partial charge in [-0.3, -0.25) is 9.59 Å². The van der Waals surface area contributed by atoms with Crippen molar-refractivity contribution in [1.29, 1.82) is 0 Å². The molecule has 0 aromatic carbocycles. The number of unbranched alkanes of at least 4 members (excludes halogenated alkanes) is 2. The third-order valence-electron chi connectivity index (χ3n) is 4.54. The van der Waals surface area contributed by atoms with E-state index in [-0.39, 0.29) is 23.3 Å². The zero-order chi connectivity index (χ0) is 17.7. The van der Waals surface area contributed by atoms with Gasteiger partial charge in [0.1, 0.15) is 0 Å². The average molecular weight is 359 g/mol. The number of ketones is 1. The summed E-state index contributed by atoms with van der Waals surface area (Å²) in [6.07, 6.45) is 5.16. The number of rotatable bonds is 9. The molecule has 0 heterocycles. The van der Waals surface area contributed by atoms with Gasteiger partial charge in [0.25, 0.3) is 0 Å². The lowest BCUT2D eigenvalue weighted by Crippen LogP contribution is -2.43. The Morgan fingerprint density at radius 3 is 2.57 bits per heavy atom. The van der Waals surface area contributed by atoms with E-state index >= 15 is 0 Å². The Hall–Kier alpha value is -0.593. The lowest BCUT2D eigenvalue weighted by molar-refractivity contribution is -0.137. The van der Waals surface area contributed by atoms with Crippen molar-refractivity contribution in [2.24, 2.45) is 0 Å². The topological polar surface area (TPSA) is 63.6 Å². The standard InChI is InChI=1S/C17H30O4SSi/c1-17(2,3)23(4,5)21-13-11-14(18)15(12-13)22-10-8-6-7-9-16(19)20/h12-13H,6-11H2,1-5H3,(H,19,20). The number of carbonyl (C=O) groups is 2. The summed E-state index contributed by atoms with van der Waals surface area (Å²) in [5, 5.41) is 8.73. The number of Topliss-reactive ketones (excluding diaryl/α,β-unsaturated/α-hetero) is 1. The van der Waals surface area contributed by atoms with E-state index in [0.29, 0.717) is 12.8 Å². The molecule has 1 aliphatic carbocycles. The first-order valence-corrected chi connectivity index (χ1v) is 12.2. The van der Waals surface area contributed by atoms with Crippen molar-refractivity contribution in [3.8, 4) is 0 Å². The molecule has 0 spiro atoms. The highest BCUT2D eigenvalue weighted by atomic mass is 32.2. The van der Waals surface area contributed by atoms with Crippen LogP contribution in [-0.2, 0) is 14.0 Å². The van der Waals surface area contributed by atoms with Crippen LogP contribution in [-0.4, -0.2) is 37.0 Å². The van der Waals surface area contributed by atoms with Gasteiger partial charge in [-0.15, -0.1) is 11.8 Å². The van der Waals surface area contributed by atoms with E-state index < -0.39 is 14.3 Å². The van der Waals surface area contributed by atoms with Gasteiger partial charge < -0.3 is 9.53 Å². The van der Waals surface area contributed by atoms with Gasteiger partial charge in [0.2, 0.25) is 0 Å². The molecule has 1 aliphatic rings. The van der Waals surface area contributed by atoms with E-state index in [1.165, 1.54) is 0 Å². The molecule has 0 aromatic heterocycles. The second-order valence-electron chi connectivity index (χ2n) is 7.63. The first-order valence-electron chi connectivity index (χ1n) is 8.30. The van der Waals surface area contributed by atoms with Gasteiger partial charge in [0.05, 0.1) is 6.10 Å². The lowest BCUT2D eigenvalue weighted by atomic mass is 10.2. The summed E-state index contributed by atoms with van der Waals surface area (Å²) in [6.45, 7) is 11.0. The summed E-state index contributed by atoms with van der Waals surface area (Å²) >= 11 is 1.59. The molecule has 6 heteroatoms. The summed E-state index contributed by atoms with van der Waals surface area (Å²) in [7, 11) is -1.85. The maximum absolute atomic E-state index is 12.1. The summed E-state index contributed by atoms with van der Waals surface area (Å²) in [5.74, 6) is 0.311. The van der Waals surface area contributed by atoms with Crippen LogP contribution in [0.2, 0.25) is 18.1 Å². The van der Waals surface area contributed by atoms with Crippen LogP contribution in [0.1, 0.15) is 52.9 Å². The van der Waals surface area contributed by atoms with E-state index in [4.69, 9.17) is 9.53 Å². The molecule has 1 N–H and O–H groups in total. The van der Waals surface area contributed by atoms with E-state index in [1.54, 1.807) is 11.8 Å². The minimum absolute atomic E-state index is 0.0714. The fourth-order valence-electron chi connectivity index (χ4n) is 2.10. The molecule has 132 valence electrons. The lowest BCUT2D eigenvalue weighted by Gasteiger charge is -2.37. The predicted octanol–water partition coefficient (Wildman–Crippen LogP) is 4.61. The van der Waals surface area contributed by atoms with Crippen LogP contribution in [0.15, 0.2) is 11.0 Å². The van der Waals surface area contributed by atoms with Gasteiger partial charge >= 0.3 is 5.97 Å². The Bertz CT molecular complexity index is 466. The summed E-state index contributed by atoms with van der Waals surface area (Å²) < 4.78 is 6.30. The van der Waals surface area contributed by atoms with E-state index in [9.17, 15) is 9.59 Å². The van der Waals surface area contributed by atoms with Crippen LogP contribution in [0.25, 0.3) is 0 Å². The molecule has 23 heavy (non-hydrogen) atoms. The highest BCUT2D eigenvalue weighted by molar-refractivity contribution is 8.04. The normalized spacial score (nSPS) is 19.1. The molecular weight excluding hydrogens is 328 g/mol. The monoisotopic (exact) mass is 358 g/mol. The number of hydrogen-bond acceptors (Lipinski definition) is 4. The fraction of sp³-hybridized carbons (Fsp3) is 0.765. The Labute approximate surface area is 145 Å². The van der Waals surface area contributed by atoms with Crippen LogP contribution < -0.4 is 0 Å². The summed E-state index contributed by atoms with van der Waals surface area (Å²) in [4.78, 5) is 23.4. The number of carboxylic acid groups (broad SMARTS) is 1. The minimum atomic E-state index is -1.85. The second kappa shape index (κ2) is 8.49. The second-order valence-corrected chi connectivity index (χ2v) is 13.5. The molecule has 0 aromatic rings. The number of carbonyl (C=O) groups excluding carboxylic acids is 1. The van der Waals surface area contributed by atoms with Gasteiger partial charge in [-0.25, -0.2) is 0 Å². The Morgan fingerprint density at radius 1 is 1.35 bits per heavy atom. The third kappa shape index (κ3) is 6.81. The molecule has 0 aliphatic heterocycles. The van der Waals surface area contributed by atoms with E-state index in [2.05, 4.69) is 33.9 Å². The van der Waals surface area contributed by atoms with Crippen molar-refractivity contribution in [2.45, 2.75) is 77.1 Å². The predicted molar refractivity (Wildman–Crippen MR) is 98.3 cm³/mol.